The molecule has 1 aliphatic heterocycles. The highest BCUT2D eigenvalue weighted by molar-refractivity contribution is 5.76. The molecule has 0 radical (unpaired) electrons. The number of allylic oxidation sites excluding steroid dienone is 2. The first-order chi connectivity index (χ1) is 22.8. The van der Waals surface area contributed by atoms with Crippen molar-refractivity contribution in [3.63, 3.8) is 0 Å². The quantitative estimate of drug-likeness (QED) is 0.167. The Morgan fingerprint density at radius 1 is 0.959 bits per heavy atom. The zero-order valence-corrected chi connectivity index (χ0v) is 30.8. The Morgan fingerprint density at radius 2 is 1.63 bits per heavy atom. The lowest BCUT2D eigenvalue weighted by Crippen LogP contribution is -2.66. The lowest BCUT2D eigenvalue weighted by Gasteiger charge is -2.60. The van der Waals surface area contributed by atoms with Gasteiger partial charge in [-0.05, 0) is 105 Å². The SMILES string of the molecule is CC(=O)NC1C(OC2CCC3(C)C4=C(CCC3C2(C)C(=O)O)C2CCC(C(C)C(O)C(O)C(C)C(C)C)C2(C)CC4)OC(CO)C(O)C1O. The monoisotopic (exact) mass is 693 g/mol. The molecule has 2 saturated carbocycles. The first-order valence-corrected chi connectivity index (χ1v) is 18.7. The van der Waals surface area contributed by atoms with Crippen molar-refractivity contribution in [2.45, 2.75) is 156 Å². The van der Waals surface area contributed by atoms with E-state index in [0.29, 0.717) is 25.2 Å². The van der Waals surface area contributed by atoms with Crippen LogP contribution >= 0.6 is 0 Å². The van der Waals surface area contributed by atoms with E-state index in [9.17, 15) is 40.2 Å². The Morgan fingerprint density at radius 3 is 2.22 bits per heavy atom. The molecular formula is C38H63NO10. The van der Waals surface area contributed by atoms with Crippen LogP contribution in [0.15, 0.2) is 11.1 Å². The third-order valence-corrected chi connectivity index (χ3v) is 14.7. The first kappa shape index (κ1) is 38.6. The van der Waals surface area contributed by atoms with Crippen LogP contribution in [-0.2, 0) is 19.1 Å². The number of aliphatic hydroxyl groups excluding tert-OH is 5. The molecule has 16 unspecified atom stereocenters. The number of carboxylic acid groups (broad SMARTS) is 1. The summed E-state index contributed by atoms with van der Waals surface area (Å²) in [4.78, 5) is 25.4. The number of aliphatic carboxylic acids is 1. The molecule has 1 saturated heterocycles. The fraction of sp³-hybridized carbons (Fsp3) is 0.895. The van der Waals surface area contributed by atoms with Crippen LogP contribution in [0.2, 0.25) is 0 Å². The fourth-order valence-electron chi connectivity index (χ4n) is 11.4. The average molecular weight is 694 g/mol. The summed E-state index contributed by atoms with van der Waals surface area (Å²) in [7, 11) is 0. The third kappa shape index (κ3) is 6.31. The summed E-state index contributed by atoms with van der Waals surface area (Å²) >= 11 is 0. The van der Waals surface area contributed by atoms with Gasteiger partial charge < -0.3 is 45.4 Å². The van der Waals surface area contributed by atoms with Crippen LogP contribution in [0.5, 0.6) is 0 Å². The first-order valence-electron chi connectivity index (χ1n) is 18.7. The van der Waals surface area contributed by atoms with E-state index in [-0.39, 0.29) is 40.4 Å². The maximum absolute atomic E-state index is 13.4. The number of hydrogen-bond acceptors (Lipinski definition) is 9. The van der Waals surface area contributed by atoms with Crippen molar-refractivity contribution in [2.75, 3.05) is 6.61 Å². The van der Waals surface area contributed by atoms with Gasteiger partial charge in [0.05, 0.1) is 30.3 Å². The zero-order chi connectivity index (χ0) is 36.4. The van der Waals surface area contributed by atoms with Crippen molar-refractivity contribution >= 4 is 11.9 Å². The second-order valence-electron chi connectivity index (χ2n) is 17.4. The minimum atomic E-state index is -1.48. The average Bonchev–Trinajstić information content (AvgIpc) is 3.41. The van der Waals surface area contributed by atoms with Crippen LogP contribution in [0.4, 0.5) is 0 Å². The van der Waals surface area contributed by atoms with E-state index < -0.39 is 72.9 Å². The van der Waals surface area contributed by atoms with Crippen molar-refractivity contribution < 1.29 is 49.7 Å². The number of ether oxygens (including phenoxy) is 2. The second kappa shape index (κ2) is 14.1. The molecule has 7 N–H and O–H groups in total. The summed E-state index contributed by atoms with van der Waals surface area (Å²) in [5, 5.41) is 67.1. The van der Waals surface area contributed by atoms with Crippen molar-refractivity contribution in [1.82, 2.24) is 5.32 Å². The van der Waals surface area contributed by atoms with Crippen molar-refractivity contribution in [2.24, 2.45) is 51.8 Å². The van der Waals surface area contributed by atoms with Gasteiger partial charge in [0.2, 0.25) is 5.91 Å². The summed E-state index contributed by atoms with van der Waals surface area (Å²) in [5.41, 5.74) is 1.19. The highest BCUT2D eigenvalue weighted by Crippen LogP contribution is 2.68. The molecule has 11 nitrogen and oxygen atoms in total. The van der Waals surface area contributed by atoms with E-state index in [1.54, 1.807) is 6.92 Å². The number of hydrogen-bond donors (Lipinski definition) is 7. The van der Waals surface area contributed by atoms with Gasteiger partial charge in [0.25, 0.3) is 0 Å². The van der Waals surface area contributed by atoms with E-state index in [0.717, 1.165) is 32.1 Å². The molecule has 1 heterocycles. The Hall–Kier alpha value is -1.60. The van der Waals surface area contributed by atoms with Gasteiger partial charge >= 0.3 is 5.97 Å². The lowest BCUT2D eigenvalue weighted by atomic mass is 9.45. The minimum Gasteiger partial charge on any atom is -0.481 e. The van der Waals surface area contributed by atoms with Crippen LogP contribution in [0.1, 0.15) is 107 Å². The number of nitrogens with one attached hydrogen (secondary N) is 1. The highest BCUT2D eigenvalue weighted by atomic mass is 16.7. The van der Waals surface area contributed by atoms with E-state index >= 15 is 0 Å². The van der Waals surface area contributed by atoms with Gasteiger partial charge in [0.1, 0.15) is 24.4 Å². The fourth-order valence-corrected chi connectivity index (χ4v) is 11.4. The van der Waals surface area contributed by atoms with E-state index in [1.807, 2.05) is 6.92 Å². The van der Waals surface area contributed by atoms with Crippen LogP contribution in [0.25, 0.3) is 0 Å². The highest BCUT2D eigenvalue weighted by Gasteiger charge is 2.64. The molecule has 1 amide bonds. The Labute approximate surface area is 291 Å². The van der Waals surface area contributed by atoms with Gasteiger partial charge in [-0.1, -0.05) is 52.7 Å². The standard InChI is InChI=1S/C38H63NO10/c1-18(2)19(3)30(42)31(43)20(4)23-10-11-24-22-9-12-27-37(7,25(22)13-15-36(23,24)6)16-14-28(38(27,8)35(46)47)49-34-29(39-21(5)41)33(45)32(44)26(17-40)48-34/h18-20,23-24,26-34,40,42-45H,9-17H2,1-8H3,(H,39,41)(H,46,47). The van der Waals surface area contributed by atoms with Crippen LogP contribution in [-0.4, -0.2) is 98.1 Å². The lowest BCUT2D eigenvalue weighted by molar-refractivity contribution is -0.300. The Balaban J connectivity index is 1.41. The predicted molar refractivity (Wildman–Crippen MR) is 182 cm³/mol. The summed E-state index contributed by atoms with van der Waals surface area (Å²) in [6, 6.07) is -1.15. The Kier molecular flexibility index (Phi) is 11.1. The maximum atomic E-state index is 13.4. The van der Waals surface area contributed by atoms with Gasteiger partial charge in [-0.15, -0.1) is 0 Å². The number of carbonyl (C=O) groups excluding carboxylic acids is 1. The summed E-state index contributed by atoms with van der Waals surface area (Å²) in [6.45, 7) is 15.3. The van der Waals surface area contributed by atoms with Gasteiger partial charge in [0.15, 0.2) is 6.29 Å². The zero-order valence-electron chi connectivity index (χ0n) is 30.8. The molecule has 0 aromatic rings. The number of rotatable bonds is 10. The minimum absolute atomic E-state index is 0.00488. The largest absolute Gasteiger partial charge is 0.481 e. The summed E-state index contributed by atoms with van der Waals surface area (Å²) in [6.07, 6.45) is -1.28. The predicted octanol–water partition coefficient (Wildman–Crippen LogP) is 3.39. The van der Waals surface area contributed by atoms with Gasteiger partial charge in [-0.2, -0.15) is 0 Å². The molecule has 0 bridgehead atoms. The number of carbonyl (C=O) groups is 2. The maximum Gasteiger partial charge on any atom is 0.312 e. The molecule has 5 rings (SSSR count). The van der Waals surface area contributed by atoms with Crippen LogP contribution in [0.3, 0.4) is 0 Å². The molecule has 4 aliphatic carbocycles. The normalized spacial score (nSPS) is 44.7. The molecule has 280 valence electrons. The van der Waals surface area contributed by atoms with E-state index in [2.05, 4.69) is 39.9 Å². The van der Waals surface area contributed by atoms with Crippen LogP contribution in [0, 0.1) is 51.8 Å². The molecule has 11 heteroatoms. The molecule has 0 spiro atoms. The Bertz CT molecular complexity index is 1270. The topological polar surface area (TPSA) is 186 Å². The molecule has 3 fully saturated rings. The van der Waals surface area contributed by atoms with Crippen molar-refractivity contribution in [3.05, 3.63) is 11.1 Å². The molecule has 5 aliphatic rings. The molecule has 0 aromatic carbocycles. The van der Waals surface area contributed by atoms with Crippen molar-refractivity contribution in [3.8, 4) is 0 Å². The number of carboxylic acids is 1. The summed E-state index contributed by atoms with van der Waals surface area (Å²) < 4.78 is 12.3. The van der Waals surface area contributed by atoms with E-state index in [4.69, 9.17) is 9.47 Å². The second-order valence-corrected chi connectivity index (χ2v) is 17.4. The molecular weight excluding hydrogens is 630 g/mol. The van der Waals surface area contributed by atoms with E-state index in [1.165, 1.54) is 18.1 Å². The van der Waals surface area contributed by atoms with Gasteiger partial charge in [-0.25, -0.2) is 0 Å². The number of amides is 1. The molecule has 49 heavy (non-hydrogen) atoms. The molecule has 0 aromatic heterocycles. The van der Waals surface area contributed by atoms with Crippen molar-refractivity contribution in [1.29, 1.82) is 0 Å². The molecule has 16 atom stereocenters. The third-order valence-electron chi connectivity index (χ3n) is 14.7. The number of aliphatic hydroxyl groups is 5. The van der Waals surface area contributed by atoms with Crippen LogP contribution < -0.4 is 5.32 Å². The van der Waals surface area contributed by atoms with Gasteiger partial charge in [0, 0.05) is 6.92 Å². The number of fused-ring (bicyclic) bond motifs is 4. The summed E-state index contributed by atoms with van der Waals surface area (Å²) in [5.74, 6) is -0.826. The van der Waals surface area contributed by atoms with Gasteiger partial charge in [-0.3, -0.25) is 9.59 Å². The smallest absolute Gasteiger partial charge is 0.312 e.